The van der Waals surface area contributed by atoms with Crippen LogP contribution >= 0.6 is 23.2 Å². The third kappa shape index (κ3) is 4.63. The highest BCUT2D eigenvalue weighted by Gasteiger charge is 2.09. The number of benzene rings is 1. The molecule has 0 unspecified atom stereocenters. The highest BCUT2D eigenvalue weighted by molar-refractivity contribution is 6.38. The maximum Gasteiger partial charge on any atom is 0.303 e. The van der Waals surface area contributed by atoms with Gasteiger partial charge in [0.1, 0.15) is 6.67 Å². The summed E-state index contributed by atoms with van der Waals surface area (Å²) in [6.45, 7) is -0.716. The fraction of sp³-hybridized carbons (Fsp3) is 0.333. The molecule has 3 nitrogen and oxygen atoms in total. The van der Waals surface area contributed by atoms with Gasteiger partial charge in [0.25, 0.3) is 0 Å². The van der Waals surface area contributed by atoms with Crippen LogP contribution in [0.25, 0.3) is 0 Å². The van der Waals surface area contributed by atoms with Crippen molar-refractivity contribution >= 4 is 35.4 Å². The number of carboxylic acid groups (broad SMARTS) is 1. The molecule has 98 valence electrons. The standard InChI is InChI=1S/C12H12Cl2FNO2/c13-10-2-1-3-11(14)9(10)7-16-8(6-15)4-5-12(17)18/h1-3,7-8H,4-6H2,(H,17,18)/b16-7+/t8-/m0/s1. The summed E-state index contributed by atoms with van der Waals surface area (Å²) in [7, 11) is 0. The summed E-state index contributed by atoms with van der Waals surface area (Å²) in [6, 6.07) is 4.31. The molecule has 0 aromatic heterocycles. The number of hydrogen-bond donors (Lipinski definition) is 1. The first-order chi connectivity index (χ1) is 8.54. The molecule has 0 bridgehead atoms. The maximum absolute atomic E-state index is 12.6. The number of carbonyl (C=O) groups is 1. The third-order valence-electron chi connectivity index (χ3n) is 2.28. The molecule has 1 N–H and O–H groups in total. The molecular weight excluding hydrogens is 280 g/mol. The molecule has 0 fully saturated rings. The van der Waals surface area contributed by atoms with E-state index in [-0.39, 0.29) is 12.8 Å². The highest BCUT2D eigenvalue weighted by Crippen LogP contribution is 2.22. The second-order valence-corrected chi connectivity index (χ2v) is 4.47. The van der Waals surface area contributed by atoms with Gasteiger partial charge in [-0.25, -0.2) is 4.39 Å². The van der Waals surface area contributed by atoms with E-state index in [2.05, 4.69) is 4.99 Å². The van der Waals surface area contributed by atoms with Gasteiger partial charge in [0.15, 0.2) is 0 Å². The normalized spacial score (nSPS) is 12.8. The molecule has 0 amide bonds. The fourth-order valence-electron chi connectivity index (χ4n) is 1.30. The van der Waals surface area contributed by atoms with Crippen LogP contribution in [0.2, 0.25) is 10.0 Å². The van der Waals surface area contributed by atoms with Gasteiger partial charge in [-0.2, -0.15) is 0 Å². The van der Waals surface area contributed by atoms with Crippen molar-refractivity contribution in [2.45, 2.75) is 18.9 Å². The molecule has 6 heteroatoms. The number of aliphatic carboxylic acids is 1. The predicted molar refractivity (Wildman–Crippen MR) is 70.7 cm³/mol. The van der Waals surface area contributed by atoms with Gasteiger partial charge in [-0.3, -0.25) is 9.79 Å². The van der Waals surface area contributed by atoms with E-state index in [1.54, 1.807) is 18.2 Å². The van der Waals surface area contributed by atoms with E-state index in [0.717, 1.165) is 0 Å². The van der Waals surface area contributed by atoms with Crippen molar-refractivity contribution in [1.29, 1.82) is 0 Å². The van der Waals surface area contributed by atoms with E-state index in [9.17, 15) is 9.18 Å². The lowest BCUT2D eigenvalue weighted by atomic mass is 10.2. The first-order valence-corrected chi connectivity index (χ1v) is 6.05. The van der Waals surface area contributed by atoms with Gasteiger partial charge in [0, 0.05) is 18.2 Å². The Hall–Kier alpha value is -1.13. The van der Waals surface area contributed by atoms with E-state index in [1.165, 1.54) is 6.21 Å². The molecule has 0 radical (unpaired) electrons. The molecule has 0 aliphatic carbocycles. The summed E-state index contributed by atoms with van der Waals surface area (Å²) in [5, 5.41) is 9.35. The highest BCUT2D eigenvalue weighted by atomic mass is 35.5. The second kappa shape index (κ2) is 7.34. The van der Waals surface area contributed by atoms with Gasteiger partial charge < -0.3 is 5.11 Å². The number of alkyl halides is 1. The van der Waals surface area contributed by atoms with Crippen molar-refractivity contribution < 1.29 is 14.3 Å². The summed E-state index contributed by atoms with van der Waals surface area (Å²) >= 11 is 11.8. The molecule has 1 aromatic rings. The Morgan fingerprint density at radius 2 is 2.06 bits per heavy atom. The summed E-state index contributed by atoms with van der Waals surface area (Å²) in [5.41, 5.74) is 0.509. The third-order valence-corrected chi connectivity index (χ3v) is 2.94. The number of hydrogen-bond acceptors (Lipinski definition) is 2. The predicted octanol–water partition coefficient (Wildman–Crippen LogP) is 3.62. The minimum Gasteiger partial charge on any atom is -0.481 e. The van der Waals surface area contributed by atoms with Crippen molar-refractivity contribution in [3.63, 3.8) is 0 Å². The monoisotopic (exact) mass is 291 g/mol. The van der Waals surface area contributed by atoms with Crippen molar-refractivity contribution in [3.8, 4) is 0 Å². The van der Waals surface area contributed by atoms with Crippen LogP contribution in [0.5, 0.6) is 0 Å². The van der Waals surface area contributed by atoms with Crippen LogP contribution in [-0.2, 0) is 4.79 Å². The van der Waals surface area contributed by atoms with Gasteiger partial charge in [-0.05, 0) is 18.6 Å². The quantitative estimate of drug-likeness (QED) is 0.814. The summed E-state index contributed by atoms with van der Waals surface area (Å²) < 4.78 is 12.6. The topological polar surface area (TPSA) is 49.7 Å². The van der Waals surface area contributed by atoms with Gasteiger partial charge in [-0.15, -0.1) is 0 Å². The lowest BCUT2D eigenvalue weighted by Gasteiger charge is -2.06. The molecule has 1 aromatic carbocycles. The van der Waals surface area contributed by atoms with E-state index >= 15 is 0 Å². The lowest BCUT2D eigenvalue weighted by molar-refractivity contribution is -0.137. The SMILES string of the molecule is O=C(O)CC[C@@H](CF)/N=C/c1c(Cl)cccc1Cl. The molecule has 1 rings (SSSR count). The molecule has 0 saturated carbocycles. The van der Waals surface area contributed by atoms with E-state index in [0.29, 0.717) is 15.6 Å². The zero-order valence-corrected chi connectivity index (χ0v) is 11.0. The Bertz CT molecular complexity index is 431. The molecule has 0 heterocycles. The summed E-state index contributed by atoms with van der Waals surface area (Å²) in [6.07, 6.45) is 1.41. The van der Waals surface area contributed by atoms with Crippen LogP contribution < -0.4 is 0 Å². The second-order valence-electron chi connectivity index (χ2n) is 3.65. The Morgan fingerprint density at radius 1 is 1.44 bits per heavy atom. The Kier molecular flexibility index (Phi) is 6.09. The average molecular weight is 292 g/mol. The molecule has 18 heavy (non-hydrogen) atoms. The molecule has 1 atom stereocenters. The van der Waals surface area contributed by atoms with Gasteiger partial charge in [-0.1, -0.05) is 29.3 Å². The first kappa shape index (κ1) is 14.9. The van der Waals surface area contributed by atoms with Gasteiger partial charge in [0.05, 0.1) is 16.1 Å². The Balaban J connectivity index is 2.74. The lowest BCUT2D eigenvalue weighted by Crippen LogP contribution is -2.10. The van der Waals surface area contributed by atoms with Gasteiger partial charge >= 0.3 is 5.97 Å². The number of rotatable bonds is 6. The van der Waals surface area contributed by atoms with Crippen molar-refractivity contribution in [2.75, 3.05) is 6.67 Å². The number of halogens is 3. The summed E-state index contributed by atoms with van der Waals surface area (Å²) in [4.78, 5) is 14.4. The number of nitrogens with zero attached hydrogens (tertiary/aromatic N) is 1. The smallest absolute Gasteiger partial charge is 0.303 e. The van der Waals surface area contributed by atoms with Crippen LogP contribution in [0.15, 0.2) is 23.2 Å². The van der Waals surface area contributed by atoms with Crippen molar-refractivity contribution in [2.24, 2.45) is 4.99 Å². The molecule has 0 saturated heterocycles. The van der Waals surface area contributed by atoms with E-state index < -0.39 is 18.7 Å². The van der Waals surface area contributed by atoms with Crippen molar-refractivity contribution in [3.05, 3.63) is 33.8 Å². The fourth-order valence-corrected chi connectivity index (χ4v) is 1.79. The van der Waals surface area contributed by atoms with E-state index in [4.69, 9.17) is 28.3 Å². The van der Waals surface area contributed by atoms with Crippen LogP contribution in [0.1, 0.15) is 18.4 Å². The number of carboxylic acids is 1. The Morgan fingerprint density at radius 3 is 2.56 bits per heavy atom. The zero-order chi connectivity index (χ0) is 13.5. The van der Waals surface area contributed by atoms with Crippen LogP contribution in [-0.4, -0.2) is 30.0 Å². The first-order valence-electron chi connectivity index (χ1n) is 5.29. The van der Waals surface area contributed by atoms with Crippen LogP contribution in [0.3, 0.4) is 0 Å². The van der Waals surface area contributed by atoms with Crippen molar-refractivity contribution in [1.82, 2.24) is 0 Å². The minimum absolute atomic E-state index is 0.123. The largest absolute Gasteiger partial charge is 0.481 e. The van der Waals surface area contributed by atoms with Gasteiger partial charge in [0.2, 0.25) is 0 Å². The van der Waals surface area contributed by atoms with E-state index in [1.807, 2.05) is 0 Å². The molecule has 0 spiro atoms. The zero-order valence-electron chi connectivity index (χ0n) is 9.44. The molecule has 0 aliphatic heterocycles. The minimum atomic E-state index is -0.973. The summed E-state index contributed by atoms with van der Waals surface area (Å²) in [5.74, 6) is -0.973. The maximum atomic E-state index is 12.6. The molecular formula is C12H12Cl2FNO2. The Labute approximate surface area is 114 Å². The average Bonchev–Trinajstić information content (AvgIpc) is 2.32. The molecule has 0 aliphatic rings. The van der Waals surface area contributed by atoms with Crippen LogP contribution in [0, 0.1) is 0 Å². The number of aliphatic imine (C=N–C) groups is 1. The van der Waals surface area contributed by atoms with Crippen LogP contribution in [0.4, 0.5) is 4.39 Å².